The van der Waals surface area contributed by atoms with Gasteiger partial charge < -0.3 is 5.32 Å². The van der Waals surface area contributed by atoms with E-state index in [4.69, 9.17) is 11.6 Å². The summed E-state index contributed by atoms with van der Waals surface area (Å²) < 4.78 is 0. The number of carbonyl (C=O) groups is 1. The second-order valence-electron chi connectivity index (χ2n) is 6.32. The fraction of sp³-hybridized carbons (Fsp3) is 0.0952. The van der Waals surface area contributed by atoms with Crippen LogP contribution in [-0.2, 0) is 11.3 Å². The zero-order chi connectivity index (χ0) is 20.1. The molecule has 1 N–H and O–H groups in total. The zero-order valence-corrected chi connectivity index (χ0v) is 16.1. The fourth-order valence-electron chi connectivity index (χ4n) is 2.88. The van der Waals surface area contributed by atoms with Gasteiger partial charge in [0, 0.05) is 16.8 Å². The van der Waals surface area contributed by atoms with E-state index >= 15 is 0 Å². The first kappa shape index (κ1) is 18.8. The van der Waals surface area contributed by atoms with Gasteiger partial charge in [-0.05, 0) is 47.2 Å². The van der Waals surface area contributed by atoms with Crippen molar-refractivity contribution >= 4 is 17.5 Å². The van der Waals surface area contributed by atoms with Crippen LogP contribution in [0.15, 0.2) is 79.0 Å². The zero-order valence-electron chi connectivity index (χ0n) is 15.3. The van der Waals surface area contributed by atoms with Crippen LogP contribution in [0.1, 0.15) is 17.3 Å². The number of hydrogen-bond acceptors (Lipinski definition) is 5. The van der Waals surface area contributed by atoms with Crippen LogP contribution in [0.2, 0.25) is 5.02 Å². The van der Waals surface area contributed by atoms with Crippen LogP contribution in [0.4, 0.5) is 0 Å². The molecule has 0 radical (unpaired) electrons. The maximum atomic E-state index is 12.7. The molecule has 4 aromatic rings. The van der Waals surface area contributed by atoms with Crippen LogP contribution >= 0.6 is 11.6 Å². The number of pyridine rings is 1. The maximum Gasteiger partial charge on any atom is 0.244 e. The predicted octanol–water partition coefficient (Wildman–Crippen LogP) is 3.29. The molecule has 0 spiro atoms. The number of rotatable bonds is 6. The lowest BCUT2D eigenvalue weighted by Crippen LogP contribution is -2.33. The summed E-state index contributed by atoms with van der Waals surface area (Å²) in [6.45, 7) is -0.0588. The van der Waals surface area contributed by atoms with Crippen molar-refractivity contribution in [2.24, 2.45) is 0 Å². The summed E-state index contributed by atoms with van der Waals surface area (Å²) in [6.07, 6.45) is 1.70. The highest BCUT2D eigenvalue weighted by atomic mass is 35.5. The molecule has 2 aromatic carbocycles. The monoisotopic (exact) mass is 404 g/mol. The Morgan fingerprint density at radius 2 is 1.76 bits per heavy atom. The molecule has 4 rings (SSSR count). The van der Waals surface area contributed by atoms with Crippen molar-refractivity contribution in [3.8, 4) is 11.4 Å². The number of halogens is 1. The number of tetrazole rings is 1. The first-order valence-corrected chi connectivity index (χ1v) is 9.36. The van der Waals surface area contributed by atoms with E-state index in [2.05, 4.69) is 25.7 Å². The Labute approximate surface area is 172 Å². The predicted molar refractivity (Wildman–Crippen MR) is 109 cm³/mol. The molecule has 0 saturated heterocycles. The number of hydrogen-bond donors (Lipinski definition) is 1. The molecular formula is C21H17ClN6O. The molecule has 1 amide bonds. The summed E-state index contributed by atoms with van der Waals surface area (Å²) in [4.78, 5) is 18.3. The van der Waals surface area contributed by atoms with Crippen LogP contribution in [0.25, 0.3) is 11.4 Å². The molecule has 0 aliphatic rings. The lowest BCUT2D eigenvalue weighted by molar-refractivity contribution is -0.122. The number of nitrogens with zero attached hydrogens (tertiary/aromatic N) is 5. The molecule has 0 bridgehead atoms. The van der Waals surface area contributed by atoms with Crippen molar-refractivity contribution in [1.29, 1.82) is 0 Å². The Bertz CT molecular complexity index is 1040. The summed E-state index contributed by atoms with van der Waals surface area (Å²) in [6, 6.07) is 22.0. The first-order chi connectivity index (χ1) is 14.2. The van der Waals surface area contributed by atoms with Crippen molar-refractivity contribution in [3.05, 3.63) is 95.3 Å². The van der Waals surface area contributed by atoms with E-state index in [-0.39, 0.29) is 18.5 Å². The van der Waals surface area contributed by atoms with E-state index in [0.717, 1.165) is 16.8 Å². The van der Waals surface area contributed by atoms with Crippen molar-refractivity contribution in [2.45, 2.75) is 12.6 Å². The Balaban J connectivity index is 1.49. The Morgan fingerprint density at radius 1 is 1.00 bits per heavy atom. The number of nitrogens with one attached hydrogen (secondary N) is 1. The third kappa shape index (κ3) is 4.64. The van der Waals surface area contributed by atoms with E-state index < -0.39 is 0 Å². The summed E-state index contributed by atoms with van der Waals surface area (Å²) in [5, 5.41) is 15.9. The van der Waals surface area contributed by atoms with E-state index in [0.29, 0.717) is 10.8 Å². The van der Waals surface area contributed by atoms with Crippen molar-refractivity contribution in [1.82, 2.24) is 30.5 Å². The molecule has 2 heterocycles. The lowest BCUT2D eigenvalue weighted by Gasteiger charge is -2.18. The molecule has 1 atom stereocenters. The molecular weight excluding hydrogens is 388 g/mol. The number of amides is 1. The van der Waals surface area contributed by atoms with Crippen molar-refractivity contribution in [2.75, 3.05) is 0 Å². The highest BCUT2D eigenvalue weighted by Gasteiger charge is 2.19. The van der Waals surface area contributed by atoms with Gasteiger partial charge in [0.25, 0.3) is 0 Å². The molecule has 0 saturated carbocycles. The van der Waals surface area contributed by atoms with Crippen molar-refractivity contribution < 1.29 is 4.79 Å². The topological polar surface area (TPSA) is 85.6 Å². The van der Waals surface area contributed by atoms with Gasteiger partial charge in [-0.2, -0.15) is 4.80 Å². The Hall–Kier alpha value is -3.58. The molecule has 29 heavy (non-hydrogen) atoms. The second-order valence-corrected chi connectivity index (χ2v) is 6.75. The van der Waals surface area contributed by atoms with Crippen LogP contribution in [-0.4, -0.2) is 31.1 Å². The average Bonchev–Trinajstić information content (AvgIpc) is 3.22. The standard InChI is InChI=1S/C21H17ClN6O/c22-17-11-9-16(10-12-17)21-25-27-28(26-21)14-19(29)24-20(15-6-2-1-3-7-15)18-8-4-5-13-23-18/h1-13,20H,14H2,(H,24,29). The van der Waals surface area contributed by atoms with Gasteiger partial charge in [0.2, 0.25) is 11.7 Å². The highest BCUT2D eigenvalue weighted by molar-refractivity contribution is 6.30. The Morgan fingerprint density at radius 3 is 2.48 bits per heavy atom. The molecule has 1 unspecified atom stereocenters. The molecule has 0 fully saturated rings. The minimum Gasteiger partial charge on any atom is -0.342 e. The minimum atomic E-state index is -0.371. The largest absolute Gasteiger partial charge is 0.342 e. The second kappa shape index (κ2) is 8.62. The summed E-state index contributed by atoms with van der Waals surface area (Å²) in [5.41, 5.74) is 2.46. The minimum absolute atomic E-state index is 0.0588. The van der Waals surface area contributed by atoms with Gasteiger partial charge >= 0.3 is 0 Å². The smallest absolute Gasteiger partial charge is 0.244 e. The quantitative estimate of drug-likeness (QED) is 0.533. The molecule has 0 aliphatic heterocycles. The first-order valence-electron chi connectivity index (χ1n) is 8.98. The fourth-order valence-corrected chi connectivity index (χ4v) is 3.01. The van der Waals surface area contributed by atoms with E-state index in [1.54, 1.807) is 30.5 Å². The van der Waals surface area contributed by atoms with Gasteiger partial charge in [-0.25, -0.2) is 0 Å². The third-order valence-corrected chi connectivity index (χ3v) is 4.51. The average molecular weight is 405 g/mol. The number of aromatic nitrogens is 5. The summed E-state index contributed by atoms with van der Waals surface area (Å²) in [5.74, 6) is 0.184. The molecule has 2 aromatic heterocycles. The highest BCUT2D eigenvalue weighted by Crippen LogP contribution is 2.20. The lowest BCUT2D eigenvalue weighted by atomic mass is 10.0. The SMILES string of the molecule is O=C(Cn1nnc(-c2ccc(Cl)cc2)n1)NC(c1ccccc1)c1ccccn1. The van der Waals surface area contributed by atoms with Gasteiger partial charge in [-0.3, -0.25) is 9.78 Å². The van der Waals surface area contributed by atoms with E-state index in [1.165, 1.54) is 4.80 Å². The normalized spacial score (nSPS) is 11.8. The van der Waals surface area contributed by atoms with Crippen LogP contribution in [0.3, 0.4) is 0 Å². The van der Waals surface area contributed by atoms with Crippen molar-refractivity contribution in [3.63, 3.8) is 0 Å². The van der Waals surface area contributed by atoms with Gasteiger partial charge in [-0.15, -0.1) is 10.2 Å². The van der Waals surface area contributed by atoms with Gasteiger partial charge in [0.05, 0.1) is 11.7 Å². The number of benzene rings is 2. The maximum absolute atomic E-state index is 12.7. The Kier molecular flexibility index (Phi) is 5.58. The molecule has 7 nitrogen and oxygen atoms in total. The van der Waals surface area contributed by atoms with Crippen LogP contribution in [0.5, 0.6) is 0 Å². The van der Waals surface area contributed by atoms with Crippen LogP contribution in [0, 0.1) is 0 Å². The molecule has 0 aliphatic carbocycles. The summed E-state index contributed by atoms with van der Waals surface area (Å²) in [7, 11) is 0. The van der Waals surface area contributed by atoms with E-state index in [9.17, 15) is 4.79 Å². The van der Waals surface area contributed by atoms with Crippen LogP contribution < -0.4 is 5.32 Å². The van der Waals surface area contributed by atoms with Gasteiger partial charge in [0.15, 0.2) is 0 Å². The van der Waals surface area contributed by atoms with Gasteiger partial charge in [-0.1, -0.05) is 48.0 Å². The number of carbonyl (C=O) groups excluding carboxylic acids is 1. The molecule has 144 valence electrons. The van der Waals surface area contributed by atoms with Gasteiger partial charge in [0.1, 0.15) is 6.54 Å². The third-order valence-electron chi connectivity index (χ3n) is 4.26. The van der Waals surface area contributed by atoms with E-state index in [1.807, 2.05) is 48.5 Å². The molecule has 8 heteroatoms. The summed E-state index contributed by atoms with van der Waals surface area (Å²) >= 11 is 5.90.